The molecule has 1 aromatic carbocycles. The van der Waals surface area contributed by atoms with Gasteiger partial charge in [-0.3, -0.25) is 4.79 Å². The minimum absolute atomic E-state index is 0.0562. The topological polar surface area (TPSA) is 26.3 Å². The molecule has 1 fully saturated rings. The van der Waals surface area contributed by atoms with Crippen LogP contribution < -0.4 is 0 Å². The first-order valence-electron chi connectivity index (χ1n) is 7.43. The third-order valence-corrected chi connectivity index (χ3v) is 4.37. The molecule has 116 valence electrons. The maximum absolute atomic E-state index is 13.4. The molecule has 1 aliphatic carbocycles. The second-order valence-corrected chi connectivity index (χ2v) is 6.58. The van der Waals surface area contributed by atoms with Crippen molar-refractivity contribution in [3.05, 3.63) is 35.4 Å². The molecule has 2 nitrogen and oxygen atoms in total. The summed E-state index contributed by atoms with van der Waals surface area (Å²) in [5.41, 5.74) is -0.709. The Balaban J connectivity index is 2.32. The van der Waals surface area contributed by atoms with Gasteiger partial charge in [0.2, 0.25) is 0 Å². The van der Waals surface area contributed by atoms with E-state index in [1.807, 2.05) is 6.92 Å². The highest BCUT2D eigenvalue weighted by molar-refractivity contribution is 6.02. The van der Waals surface area contributed by atoms with Crippen LogP contribution in [0.2, 0.25) is 0 Å². The van der Waals surface area contributed by atoms with Crippen LogP contribution in [-0.4, -0.2) is 18.0 Å². The Morgan fingerprint density at radius 2 is 1.62 bits per heavy atom. The molecule has 0 aliphatic heterocycles. The zero-order valence-corrected chi connectivity index (χ0v) is 12.8. The van der Waals surface area contributed by atoms with Gasteiger partial charge in [-0.05, 0) is 50.2 Å². The lowest BCUT2D eigenvalue weighted by Crippen LogP contribution is -2.46. The molecule has 0 amide bonds. The van der Waals surface area contributed by atoms with Crippen molar-refractivity contribution in [2.45, 2.75) is 52.1 Å². The van der Waals surface area contributed by atoms with Crippen LogP contribution in [0.3, 0.4) is 0 Å². The van der Waals surface area contributed by atoms with Crippen molar-refractivity contribution in [2.75, 3.05) is 6.61 Å². The average Bonchev–Trinajstić information content (AvgIpc) is 2.40. The molecule has 0 unspecified atom stereocenters. The van der Waals surface area contributed by atoms with Crippen LogP contribution in [0.5, 0.6) is 0 Å². The third kappa shape index (κ3) is 3.49. The SMILES string of the molecule is CCOC1(C(=O)c2cc(F)cc(F)c2)CCC(C)(C)CC1. The second kappa shape index (κ2) is 5.84. The van der Waals surface area contributed by atoms with Gasteiger partial charge in [-0.2, -0.15) is 0 Å². The number of halogens is 2. The summed E-state index contributed by atoms with van der Waals surface area (Å²) in [7, 11) is 0. The highest BCUT2D eigenvalue weighted by Gasteiger charge is 2.45. The summed E-state index contributed by atoms with van der Waals surface area (Å²) < 4.78 is 32.5. The number of Topliss-reactive ketones (excluding diaryl/α,β-unsaturated/α-hetero) is 1. The first kappa shape index (κ1) is 16.1. The van der Waals surface area contributed by atoms with Gasteiger partial charge >= 0.3 is 0 Å². The zero-order chi connectivity index (χ0) is 15.7. The number of hydrogen-bond acceptors (Lipinski definition) is 2. The molecule has 21 heavy (non-hydrogen) atoms. The van der Waals surface area contributed by atoms with Gasteiger partial charge in [-0.1, -0.05) is 13.8 Å². The van der Waals surface area contributed by atoms with Crippen molar-refractivity contribution >= 4 is 5.78 Å². The predicted octanol–water partition coefficient (Wildman–Crippen LogP) is 4.52. The van der Waals surface area contributed by atoms with Gasteiger partial charge < -0.3 is 4.74 Å². The van der Waals surface area contributed by atoms with Crippen molar-refractivity contribution in [1.82, 2.24) is 0 Å². The molecule has 1 aliphatic rings. The maximum atomic E-state index is 13.4. The summed E-state index contributed by atoms with van der Waals surface area (Å²) in [4.78, 5) is 12.8. The second-order valence-electron chi connectivity index (χ2n) is 6.58. The van der Waals surface area contributed by atoms with E-state index in [1.165, 1.54) is 0 Å². The Hall–Kier alpha value is -1.29. The average molecular weight is 296 g/mol. The minimum Gasteiger partial charge on any atom is -0.367 e. The fourth-order valence-corrected chi connectivity index (χ4v) is 2.99. The van der Waals surface area contributed by atoms with Crippen molar-refractivity contribution in [3.8, 4) is 0 Å². The molecule has 2 rings (SSSR count). The van der Waals surface area contributed by atoms with Gasteiger partial charge in [0, 0.05) is 18.2 Å². The number of carbonyl (C=O) groups excluding carboxylic acids is 1. The van der Waals surface area contributed by atoms with Gasteiger partial charge in [0.1, 0.15) is 17.2 Å². The summed E-state index contributed by atoms with van der Waals surface area (Å²) in [5.74, 6) is -1.78. The lowest BCUT2D eigenvalue weighted by Gasteiger charge is -2.42. The van der Waals surface area contributed by atoms with Gasteiger partial charge in [0.15, 0.2) is 5.78 Å². The summed E-state index contributed by atoms with van der Waals surface area (Å²) >= 11 is 0. The molecule has 0 saturated heterocycles. The fourth-order valence-electron chi connectivity index (χ4n) is 2.99. The molecule has 1 aromatic rings. The fraction of sp³-hybridized carbons (Fsp3) is 0.588. The Morgan fingerprint density at radius 3 is 2.10 bits per heavy atom. The van der Waals surface area contributed by atoms with Crippen LogP contribution in [0, 0.1) is 17.0 Å². The number of hydrogen-bond donors (Lipinski definition) is 0. The number of benzene rings is 1. The standard InChI is InChI=1S/C17H22F2O2/c1-4-21-17(7-5-16(2,3)6-8-17)15(20)12-9-13(18)11-14(19)10-12/h9-11H,4-8H2,1-3H3. The van der Waals surface area contributed by atoms with Crippen LogP contribution in [0.1, 0.15) is 56.8 Å². The number of ether oxygens (including phenoxy) is 1. The smallest absolute Gasteiger partial charge is 0.194 e. The Morgan fingerprint density at radius 1 is 1.10 bits per heavy atom. The molecule has 0 spiro atoms. The summed E-state index contributed by atoms with van der Waals surface area (Å²) in [6.45, 7) is 6.56. The van der Waals surface area contributed by atoms with Crippen LogP contribution in [-0.2, 0) is 4.74 Å². The van der Waals surface area contributed by atoms with Gasteiger partial charge in [0.05, 0.1) is 0 Å². The van der Waals surface area contributed by atoms with E-state index >= 15 is 0 Å². The van der Waals surface area contributed by atoms with E-state index in [-0.39, 0.29) is 16.8 Å². The third-order valence-electron chi connectivity index (χ3n) is 4.37. The highest BCUT2D eigenvalue weighted by Crippen LogP contribution is 2.43. The number of ketones is 1. The minimum atomic E-state index is -0.940. The van der Waals surface area contributed by atoms with Crippen molar-refractivity contribution < 1.29 is 18.3 Å². The Labute approximate surface area is 124 Å². The number of rotatable bonds is 4. The van der Waals surface area contributed by atoms with Crippen molar-refractivity contribution in [3.63, 3.8) is 0 Å². The van der Waals surface area contributed by atoms with E-state index in [0.29, 0.717) is 19.4 Å². The quantitative estimate of drug-likeness (QED) is 0.763. The van der Waals surface area contributed by atoms with Crippen LogP contribution in [0.15, 0.2) is 18.2 Å². The van der Waals surface area contributed by atoms with Crippen LogP contribution in [0.4, 0.5) is 8.78 Å². The lowest BCUT2D eigenvalue weighted by atomic mass is 9.68. The van der Waals surface area contributed by atoms with E-state index < -0.39 is 17.2 Å². The molecule has 0 radical (unpaired) electrons. The van der Waals surface area contributed by atoms with Crippen molar-refractivity contribution in [2.24, 2.45) is 5.41 Å². The van der Waals surface area contributed by atoms with E-state index in [2.05, 4.69) is 13.8 Å². The number of carbonyl (C=O) groups is 1. The molecular weight excluding hydrogens is 274 g/mol. The van der Waals surface area contributed by atoms with Gasteiger partial charge in [-0.15, -0.1) is 0 Å². The molecule has 0 bridgehead atoms. The molecule has 0 aromatic heterocycles. The van der Waals surface area contributed by atoms with Crippen LogP contribution >= 0.6 is 0 Å². The highest BCUT2D eigenvalue weighted by atomic mass is 19.1. The Kier molecular flexibility index (Phi) is 4.47. The van der Waals surface area contributed by atoms with Gasteiger partial charge in [0.25, 0.3) is 0 Å². The van der Waals surface area contributed by atoms with E-state index in [0.717, 1.165) is 31.0 Å². The largest absolute Gasteiger partial charge is 0.367 e. The molecular formula is C17H22F2O2. The van der Waals surface area contributed by atoms with Gasteiger partial charge in [-0.25, -0.2) is 8.78 Å². The summed E-state index contributed by atoms with van der Waals surface area (Å²) in [6, 6.07) is 2.95. The predicted molar refractivity (Wildman–Crippen MR) is 77.3 cm³/mol. The first-order chi connectivity index (χ1) is 9.78. The monoisotopic (exact) mass is 296 g/mol. The van der Waals surface area contributed by atoms with Crippen molar-refractivity contribution in [1.29, 1.82) is 0 Å². The summed E-state index contributed by atoms with van der Waals surface area (Å²) in [6.07, 6.45) is 2.89. The normalized spacial score (nSPS) is 20.2. The Bertz CT molecular complexity index is 507. The van der Waals surface area contributed by atoms with Crippen LogP contribution in [0.25, 0.3) is 0 Å². The maximum Gasteiger partial charge on any atom is 0.194 e. The lowest BCUT2D eigenvalue weighted by molar-refractivity contribution is -0.0580. The van der Waals surface area contributed by atoms with E-state index in [1.54, 1.807) is 0 Å². The molecule has 0 N–H and O–H groups in total. The molecule has 1 saturated carbocycles. The zero-order valence-electron chi connectivity index (χ0n) is 12.8. The van der Waals surface area contributed by atoms with E-state index in [9.17, 15) is 13.6 Å². The first-order valence-corrected chi connectivity index (χ1v) is 7.43. The molecule has 0 atom stereocenters. The molecule has 4 heteroatoms. The molecule has 0 heterocycles. The summed E-state index contributed by atoms with van der Waals surface area (Å²) in [5, 5.41) is 0. The van der Waals surface area contributed by atoms with E-state index in [4.69, 9.17) is 4.74 Å².